The highest BCUT2D eigenvalue weighted by molar-refractivity contribution is 5.75. The number of rotatable bonds is 3. The molecule has 0 amide bonds. The number of hydrogen-bond donors (Lipinski definition) is 1. The number of fused-ring (bicyclic) bond motifs is 1. The van der Waals surface area contributed by atoms with Crippen LogP contribution in [0.5, 0.6) is 0 Å². The monoisotopic (exact) mass is 266 g/mol. The lowest BCUT2D eigenvalue weighted by atomic mass is 9.96. The predicted molar refractivity (Wildman–Crippen MR) is 80.5 cm³/mol. The van der Waals surface area contributed by atoms with Gasteiger partial charge in [0.05, 0.1) is 17.6 Å². The minimum atomic E-state index is -0.921. The van der Waals surface area contributed by atoms with E-state index < -0.39 is 5.60 Å². The molecule has 1 atom stereocenters. The number of nitrogens with zero attached hydrogens (tertiary/aromatic N) is 2. The first-order valence-electron chi connectivity index (χ1n) is 6.78. The average Bonchev–Trinajstić information content (AvgIpc) is 2.76. The highest BCUT2D eigenvalue weighted by atomic mass is 16.3. The van der Waals surface area contributed by atoms with Crippen molar-refractivity contribution in [2.45, 2.75) is 26.0 Å². The van der Waals surface area contributed by atoms with Crippen molar-refractivity contribution in [3.8, 4) is 0 Å². The van der Waals surface area contributed by atoms with Crippen molar-refractivity contribution in [1.29, 1.82) is 0 Å². The molecule has 0 saturated carbocycles. The van der Waals surface area contributed by atoms with Gasteiger partial charge in [0, 0.05) is 0 Å². The van der Waals surface area contributed by atoms with Gasteiger partial charge < -0.3 is 9.67 Å². The van der Waals surface area contributed by atoms with Gasteiger partial charge in [-0.15, -0.1) is 0 Å². The standard InChI is InChI=1S/C17H18N2O/c1-13-18-15-10-6-7-11-16(15)19(13)12-17(2,20)14-8-4-3-5-9-14/h3-11,20H,12H2,1-2H3. The normalized spacial score (nSPS) is 14.3. The summed E-state index contributed by atoms with van der Waals surface area (Å²) < 4.78 is 2.07. The highest BCUT2D eigenvalue weighted by Gasteiger charge is 2.25. The summed E-state index contributed by atoms with van der Waals surface area (Å²) in [4.78, 5) is 4.54. The predicted octanol–water partition coefficient (Wildman–Crippen LogP) is 3.25. The number of benzene rings is 2. The summed E-state index contributed by atoms with van der Waals surface area (Å²) in [5, 5.41) is 10.8. The van der Waals surface area contributed by atoms with E-state index in [0.29, 0.717) is 6.54 Å². The van der Waals surface area contributed by atoms with Gasteiger partial charge in [-0.2, -0.15) is 0 Å². The average molecular weight is 266 g/mol. The Bertz CT molecular complexity index is 729. The first-order valence-corrected chi connectivity index (χ1v) is 6.78. The van der Waals surface area contributed by atoms with Crippen molar-refractivity contribution < 1.29 is 5.11 Å². The van der Waals surface area contributed by atoms with Gasteiger partial charge in [-0.1, -0.05) is 42.5 Å². The number of para-hydroxylation sites is 2. The zero-order chi connectivity index (χ0) is 14.2. The first kappa shape index (κ1) is 12.9. The Morgan fingerprint density at radius 3 is 2.45 bits per heavy atom. The van der Waals surface area contributed by atoms with Crippen molar-refractivity contribution in [3.63, 3.8) is 0 Å². The van der Waals surface area contributed by atoms with E-state index in [1.165, 1.54) is 0 Å². The van der Waals surface area contributed by atoms with E-state index in [9.17, 15) is 5.11 Å². The van der Waals surface area contributed by atoms with Crippen LogP contribution in [0.4, 0.5) is 0 Å². The third kappa shape index (κ3) is 2.21. The SMILES string of the molecule is Cc1nc2ccccc2n1CC(C)(O)c1ccccc1. The number of aliphatic hydroxyl groups is 1. The zero-order valence-corrected chi connectivity index (χ0v) is 11.7. The Morgan fingerprint density at radius 2 is 1.70 bits per heavy atom. The molecule has 3 nitrogen and oxygen atoms in total. The van der Waals surface area contributed by atoms with Crippen molar-refractivity contribution in [2.24, 2.45) is 0 Å². The molecule has 20 heavy (non-hydrogen) atoms. The van der Waals surface area contributed by atoms with Gasteiger partial charge in [0.1, 0.15) is 11.4 Å². The topological polar surface area (TPSA) is 38.0 Å². The third-order valence-corrected chi connectivity index (χ3v) is 3.71. The Kier molecular flexibility index (Phi) is 3.07. The largest absolute Gasteiger partial charge is 0.384 e. The zero-order valence-electron chi connectivity index (χ0n) is 11.7. The molecule has 0 radical (unpaired) electrons. The molecule has 0 fully saturated rings. The summed E-state index contributed by atoms with van der Waals surface area (Å²) >= 11 is 0. The molecule has 1 heterocycles. The van der Waals surface area contributed by atoms with Gasteiger partial charge in [-0.05, 0) is 31.5 Å². The Morgan fingerprint density at radius 1 is 1.05 bits per heavy atom. The summed E-state index contributed by atoms with van der Waals surface area (Å²) in [7, 11) is 0. The maximum atomic E-state index is 10.8. The maximum Gasteiger partial charge on any atom is 0.106 e. The second-order valence-corrected chi connectivity index (χ2v) is 5.37. The molecular weight excluding hydrogens is 248 g/mol. The van der Waals surface area contributed by atoms with Gasteiger partial charge >= 0.3 is 0 Å². The van der Waals surface area contributed by atoms with Gasteiger partial charge in [0.15, 0.2) is 0 Å². The molecular formula is C17H18N2O. The summed E-state index contributed by atoms with van der Waals surface area (Å²) in [5.41, 5.74) is 2.02. The van der Waals surface area contributed by atoms with Crippen LogP contribution in [0.15, 0.2) is 54.6 Å². The van der Waals surface area contributed by atoms with Crippen LogP contribution >= 0.6 is 0 Å². The number of hydrogen-bond acceptors (Lipinski definition) is 2. The molecule has 0 bridgehead atoms. The van der Waals surface area contributed by atoms with E-state index in [1.807, 2.05) is 68.4 Å². The number of imidazole rings is 1. The van der Waals surface area contributed by atoms with Crippen molar-refractivity contribution in [3.05, 3.63) is 66.0 Å². The smallest absolute Gasteiger partial charge is 0.106 e. The second kappa shape index (κ2) is 4.76. The molecule has 1 N–H and O–H groups in total. The fourth-order valence-electron chi connectivity index (χ4n) is 2.59. The molecule has 102 valence electrons. The molecule has 1 aromatic heterocycles. The van der Waals surface area contributed by atoms with Gasteiger partial charge in [0.25, 0.3) is 0 Å². The lowest BCUT2D eigenvalue weighted by molar-refractivity contribution is 0.0388. The Balaban J connectivity index is 2.03. The quantitative estimate of drug-likeness (QED) is 0.790. The number of aryl methyl sites for hydroxylation is 1. The van der Waals surface area contributed by atoms with E-state index in [-0.39, 0.29) is 0 Å². The molecule has 0 saturated heterocycles. The molecule has 3 heteroatoms. The van der Waals surface area contributed by atoms with E-state index in [1.54, 1.807) is 0 Å². The second-order valence-electron chi connectivity index (χ2n) is 5.37. The van der Waals surface area contributed by atoms with Crippen LogP contribution in [-0.4, -0.2) is 14.7 Å². The molecule has 0 aliphatic heterocycles. The third-order valence-electron chi connectivity index (χ3n) is 3.71. The lowest BCUT2D eigenvalue weighted by Crippen LogP contribution is -2.28. The van der Waals surface area contributed by atoms with Crippen LogP contribution in [0.2, 0.25) is 0 Å². The molecule has 0 aliphatic rings. The minimum Gasteiger partial charge on any atom is -0.384 e. The first-order chi connectivity index (χ1) is 9.58. The van der Waals surface area contributed by atoms with Crippen LogP contribution in [0, 0.1) is 6.92 Å². The van der Waals surface area contributed by atoms with Crippen molar-refractivity contribution in [1.82, 2.24) is 9.55 Å². The van der Waals surface area contributed by atoms with Crippen LogP contribution in [0.1, 0.15) is 18.3 Å². The molecule has 1 unspecified atom stereocenters. The lowest BCUT2D eigenvalue weighted by Gasteiger charge is -2.25. The van der Waals surface area contributed by atoms with Crippen LogP contribution < -0.4 is 0 Å². The fourth-order valence-corrected chi connectivity index (χ4v) is 2.59. The number of aromatic nitrogens is 2. The molecule has 3 rings (SSSR count). The molecule has 0 aliphatic carbocycles. The van der Waals surface area contributed by atoms with Gasteiger partial charge in [-0.3, -0.25) is 0 Å². The van der Waals surface area contributed by atoms with Crippen molar-refractivity contribution in [2.75, 3.05) is 0 Å². The Labute approximate surface area is 118 Å². The highest BCUT2D eigenvalue weighted by Crippen LogP contribution is 2.25. The summed E-state index contributed by atoms with van der Waals surface area (Å²) in [6.45, 7) is 4.31. The molecule has 0 spiro atoms. The van der Waals surface area contributed by atoms with E-state index in [4.69, 9.17) is 0 Å². The molecule has 3 aromatic rings. The van der Waals surface area contributed by atoms with Gasteiger partial charge in [-0.25, -0.2) is 4.98 Å². The summed E-state index contributed by atoms with van der Waals surface area (Å²) in [6, 6.07) is 17.8. The van der Waals surface area contributed by atoms with E-state index in [2.05, 4.69) is 9.55 Å². The molecule has 2 aromatic carbocycles. The maximum absolute atomic E-state index is 10.8. The van der Waals surface area contributed by atoms with Gasteiger partial charge in [0.2, 0.25) is 0 Å². The fraction of sp³-hybridized carbons (Fsp3) is 0.235. The van der Waals surface area contributed by atoms with Crippen LogP contribution in [0.25, 0.3) is 11.0 Å². The van der Waals surface area contributed by atoms with E-state index >= 15 is 0 Å². The Hall–Kier alpha value is -2.13. The van der Waals surface area contributed by atoms with Crippen molar-refractivity contribution >= 4 is 11.0 Å². The van der Waals surface area contributed by atoms with Crippen LogP contribution in [0.3, 0.4) is 0 Å². The summed E-state index contributed by atoms with van der Waals surface area (Å²) in [5.74, 6) is 0.919. The van der Waals surface area contributed by atoms with Crippen LogP contribution in [-0.2, 0) is 12.1 Å². The summed E-state index contributed by atoms with van der Waals surface area (Å²) in [6.07, 6.45) is 0. The van der Waals surface area contributed by atoms with E-state index in [0.717, 1.165) is 22.4 Å². The minimum absolute atomic E-state index is 0.489.